The van der Waals surface area contributed by atoms with Crippen LogP contribution in [0.3, 0.4) is 0 Å². The van der Waals surface area contributed by atoms with E-state index in [1.807, 2.05) is 19.1 Å². The summed E-state index contributed by atoms with van der Waals surface area (Å²) in [6, 6.07) is 5.50. The van der Waals surface area contributed by atoms with E-state index in [-0.39, 0.29) is 19.0 Å². The molecule has 0 bridgehead atoms. The number of amides is 1. The SMILES string of the molecule is Cc1cc(Br)ccc1NC(=O)CNCC(=O)O. The zero-order valence-corrected chi connectivity index (χ0v) is 10.9. The van der Waals surface area contributed by atoms with Gasteiger partial charge in [-0.3, -0.25) is 14.9 Å². The summed E-state index contributed by atoms with van der Waals surface area (Å²) in [6.45, 7) is 1.62. The molecule has 17 heavy (non-hydrogen) atoms. The number of aryl methyl sites for hydroxylation is 1. The fourth-order valence-electron chi connectivity index (χ4n) is 1.24. The maximum absolute atomic E-state index is 11.5. The van der Waals surface area contributed by atoms with Crippen LogP contribution >= 0.6 is 15.9 Å². The van der Waals surface area contributed by atoms with Gasteiger partial charge in [-0.15, -0.1) is 0 Å². The number of benzene rings is 1. The van der Waals surface area contributed by atoms with Gasteiger partial charge in [0.15, 0.2) is 0 Å². The lowest BCUT2D eigenvalue weighted by molar-refractivity contribution is -0.135. The summed E-state index contributed by atoms with van der Waals surface area (Å²) >= 11 is 3.33. The van der Waals surface area contributed by atoms with Crippen LogP contribution in [0.1, 0.15) is 5.56 Å². The predicted molar refractivity (Wildman–Crippen MR) is 68.0 cm³/mol. The molecule has 3 N–H and O–H groups in total. The van der Waals surface area contributed by atoms with Crippen molar-refractivity contribution in [2.24, 2.45) is 0 Å². The maximum atomic E-state index is 11.5. The maximum Gasteiger partial charge on any atom is 0.317 e. The minimum Gasteiger partial charge on any atom is -0.480 e. The summed E-state index contributed by atoms with van der Waals surface area (Å²) in [7, 11) is 0. The Kier molecular flexibility index (Phi) is 5.11. The second kappa shape index (κ2) is 6.36. The summed E-state index contributed by atoms with van der Waals surface area (Å²) < 4.78 is 0.942. The molecule has 0 radical (unpaired) electrons. The number of carboxylic acid groups (broad SMARTS) is 1. The largest absolute Gasteiger partial charge is 0.480 e. The van der Waals surface area contributed by atoms with Crippen molar-refractivity contribution in [3.05, 3.63) is 28.2 Å². The van der Waals surface area contributed by atoms with Gasteiger partial charge in [0.25, 0.3) is 0 Å². The van der Waals surface area contributed by atoms with E-state index in [9.17, 15) is 9.59 Å². The number of rotatable bonds is 5. The molecule has 0 unspecified atom stereocenters. The Balaban J connectivity index is 2.48. The second-order valence-corrected chi connectivity index (χ2v) is 4.42. The van der Waals surface area contributed by atoms with Crippen molar-refractivity contribution in [2.45, 2.75) is 6.92 Å². The molecule has 0 saturated carbocycles. The Hall–Kier alpha value is -1.40. The summed E-state index contributed by atoms with van der Waals surface area (Å²) in [4.78, 5) is 21.7. The van der Waals surface area contributed by atoms with E-state index in [0.717, 1.165) is 15.7 Å². The normalized spacial score (nSPS) is 10.0. The van der Waals surface area contributed by atoms with Crippen molar-refractivity contribution < 1.29 is 14.7 Å². The van der Waals surface area contributed by atoms with Gasteiger partial charge in [0.1, 0.15) is 0 Å². The van der Waals surface area contributed by atoms with E-state index in [0.29, 0.717) is 0 Å². The second-order valence-electron chi connectivity index (χ2n) is 3.50. The van der Waals surface area contributed by atoms with Gasteiger partial charge in [-0.2, -0.15) is 0 Å². The summed E-state index contributed by atoms with van der Waals surface area (Å²) in [5.41, 5.74) is 1.65. The molecule has 5 nitrogen and oxygen atoms in total. The van der Waals surface area contributed by atoms with Gasteiger partial charge in [-0.25, -0.2) is 0 Å². The Morgan fingerprint density at radius 2 is 2.06 bits per heavy atom. The van der Waals surface area contributed by atoms with Crippen LogP contribution in [-0.4, -0.2) is 30.1 Å². The van der Waals surface area contributed by atoms with Crippen molar-refractivity contribution in [3.8, 4) is 0 Å². The lowest BCUT2D eigenvalue weighted by atomic mass is 10.2. The van der Waals surface area contributed by atoms with Crippen molar-refractivity contribution in [1.29, 1.82) is 0 Å². The van der Waals surface area contributed by atoms with E-state index >= 15 is 0 Å². The molecule has 0 fully saturated rings. The minimum atomic E-state index is -0.988. The number of carbonyl (C=O) groups is 2. The van der Waals surface area contributed by atoms with Crippen molar-refractivity contribution >= 4 is 33.5 Å². The monoisotopic (exact) mass is 300 g/mol. The number of aliphatic carboxylic acids is 1. The lowest BCUT2D eigenvalue weighted by Crippen LogP contribution is -2.31. The summed E-state index contributed by atoms with van der Waals surface area (Å²) in [5, 5.41) is 13.6. The predicted octanol–water partition coefficient (Wildman–Crippen LogP) is 1.37. The zero-order chi connectivity index (χ0) is 12.8. The first-order chi connectivity index (χ1) is 7.99. The first-order valence-corrected chi connectivity index (χ1v) is 5.77. The number of anilines is 1. The highest BCUT2D eigenvalue weighted by atomic mass is 79.9. The quantitative estimate of drug-likeness (QED) is 0.767. The highest BCUT2D eigenvalue weighted by Gasteiger charge is 2.05. The van der Waals surface area contributed by atoms with E-state index in [4.69, 9.17) is 5.11 Å². The van der Waals surface area contributed by atoms with E-state index in [1.54, 1.807) is 6.07 Å². The molecular weight excluding hydrogens is 288 g/mol. The first-order valence-electron chi connectivity index (χ1n) is 4.97. The van der Waals surface area contributed by atoms with Crippen molar-refractivity contribution in [2.75, 3.05) is 18.4 Å². The zero-order valence-electron chi connectivity index (χ0n) is 9.29. The number of carboxylic acids is 1. The van der Waals surface area contributed by atoms with Crippen LogP contribution in [-0.2, 0) is 9.59 Å². The third kappa shape index (κ3) is 4.97. The molecular formula is C11H13BrN2O3. The van der Waals surface area contributed by atoms with Crippen LogP contribution in [0, 0.1) is 6.92 Å². The van der Waals surface area contributed by atoms with Crippen molar-refractivity contribution in [3.63, 3.8) is 0 Å². The summed E-state index contributed by atoms with van der Waals surface area (Å²) in [6.07, 6.45) is 0. The molecule has 1 rings (SSSR count). The molecule has 92 valence electrons. The molecule has 0 aliphatic rings. The van der Waals surface area contributed by atoms with Crippen LogP contribution < -0.4 is 10.6 Å². The molecule has 0 spiro atoms. The fourth-order valence-corrected chi connectivity index (χ4v) is 1.72. The highest BCUT2D eigenvalue weighted by molar-refractivity contribution is 9.10. The highest BCUT2D eigenvalue weighted by Crippen LogP contribution is 2.19. The standard InChI is InChI=1S/C11H13BrN2O3/c1-7-4-8(12)2-3-9(7)14-10(15)5-13-6-11(16)17/h2-4,13H,5-6H2,1H3,(H,14,15)(H,16,17). The molecule has 0 aliphatic carbocycles. The average Bonchev–Trinajstić information content (AvgIpc) is 2.21. The van der Waals surface area contributed by atoms with Gasteiger partial charge in [0, 0.05) is 10.2 Å². The van der Waals surface area contributed by atoms with E-state index in [1.165, 1.54) is 0 Å². The molecule has 1 aromatic carbocycles. The molecule has 1 amide bonds. The molecule has 0 saturated heterocycles. The van der Waals surface area contributed by atoms with E-state index < -0.39 is 5.97 Å². The number of nitrogens with one attached hydrogen (secondary N) is 2. The Morgan fingerprint density at radius 3 is 2.65 bits per heavy atom. The molecule has 6 heteroatoms. The fraction of sp³-hybridized carbons (Fsp3) is 0.273. The first kappa shape index (κ1) is 13.7. The Morgan fingerprint density at radius 1 is 1.35 bits per heavy atom. The van der Waals surface area contributed by atoms with Crippen LogP contribution in [0.15, 0.2) is 22.7 Å². The average molecular weight is 301 g/mol. The third-order valence-electron chi connectivity index (χ3n) is 2.02. The third-order valence-corrected chi connectivity index (χ3v) is 2.52. The topological polar surface area (TPSA) is 78.4 Å². The van der Waals surface area contributed by atoms with Crippen molar-refractivity contribution in [1.82, 2.24) is 5.32 Å². The van der Waals surface area contributed by atoms with Gasteiger partial charge in [-0.1, -0.05) is 15.9 Å². The minimum absolute atomic E-state index is 0.0260. The lowest BCUT2D eigenvalue weighted by Gasteiger charge is -2.08. The number of hydrogen-bond donors (Lipinski definition) is 3. The van der Waals surface area contributed by atoms with Gasteiger partial charge in [0.2, 0.25) is 5.91 Å². The number of hydrogen-bond acceptors (Lipinski definition) is 3. The molecule has 0 heterocycles. The van der Waals surface area contributed by atoms with Crippen LogP contribution in [0.4, 0.5) is 5.69 Å². The van der Waals surface area contributed by atoms with Crippen LogP contribution in [0.2, 0.25) is 0 Å². The molecule has 0 atom stereocenters. The summed E-state index contributed by atoms with van der Waals surface area (Å²) in [5.74, 6) is -1.26. The van der Waals surface area contributed by atoms with Crippen LogP contribution in [0.5, 0.6) is 0 Å². The molecule has 0 aromatic heterocycles. The van der Waals surface area contributed by atoms with Crippen LogP contribution in [0.25, 0.3) is 0 Å². The van der Waals surface area contributed by atoms with Gasteiger partial charge in [0.05, 0.1) is 13.1 Å². The smallest absolute Gasteiger partial charge is 0.317 e. The molecule has 1 aromatic rings. The Bertz CT molecular complexity index is 435. The number of halogens is 1. The van der Waals surface area contributed by atoms with E-state index in [2.05, 4.69) is 26.6 Å². The number of carbonyl (C=O) groups excluding carboxylic acids is 1. The van der Waals surface area contributed by atoms with Gasteiger partial charge in [-0.05, 0) is 30.7 Å². The molecule has 0 aliphatic heterocycles. The van der Waals surface area contributed by atoms with Gasteiger partial charge >= 0.3 is 5.97 Å². The Labute approximate surface area is 107 Å². The van der Waals surface area contributed by atoms with Gasteiger partial charge < -0.3 is 10.4 Å².